The molecule has 5 heteroatoms. The van der Waals surface area contributed by atoms with Crippen LogP contribution in [0.5, 0.6) is 17.2 Å². The van der Waals surface area contributed by atoms with Gasteiger partial charge in [0.2, 0.25) is 6.79 Å². The van der Waals surface area contributed by atoms with E-state index in [-0.39, 0.29) is 12.2 Å². The lowest BCUT2D eigenvalue weighted by Gasteiger charge is -2.25. The molecule has 3 heterocycles. The van der Waals surface area contributed by atoms with E-state index in [1.807, 2.05) is 6.07 Å². The van der Waals surface area contributed by atoms with E-state index in [1.54, 1.807) is 0 Å². The fourth-order valence-corrected chi connectivity index (χ4v) is 4.88. The monoisotopic (exact) mass is 408 g/mol. The predicted octanol–water partition coefficient (Wildman–Crippen LogP) is 4.33. The number of hydrogen-bond acceptors (Lipinski definition) is 5. The van der Waals surface area contributed by atoms with Gasteiger partial charge in [-0.25, -0.2) is 0 Å². The predicted molar refractivity (Wildman–Crippen MR) is 119 cm³/mol. The molecule has 1 spiro atoms. The minimum atomic E-state index is -0.132. The summed E-state index contributed by atoms with van der Waals surface area (Å²) in [7, 11) is 0. The molecule has 0 fully saturated rings. The summed E-state index contributed by atoms with van der Waals surface area (Å²) in [5.41, 5.74) is 4.18. The van der Waals surface area contributed by atoms with E-state index in [0.29, 0.717) is 12.0 Å². The maximum atomic E-state index is 6.18. The van der Waals surface area contributed by atoms with Crippen LogP contribution >= 0.6 is 0 Å². The van der Waals surface area contributed by atoms with Gasteiger partial charge < -0.3 is 24.4 Å². The summed E-state index contributed by atoms with van der Waals surface area (Å²) in [6.07, 6.45) is 2.33. The van der Waals surface area contributed by atoms with Crippen LogP contribution in [0.4, 0.5) is 5.69 Å². The van der Waals surface area contributed by atoms with Crippen LogP contribution in [-0.4, -0.2) is 39.6 Å². The summed E-state index contributed by atoms with van der Waals surface area (Å²) in [5, 5.41) is 3.61. The summed E-state index contributed by atoms with van der Waals surface area (Å²) >= 11 is 0. The fraction of sp³-hybridized carbons (Fsp3) is 0.520. The highest BCUT2D eigenvalue weighted by Crippen LogP contribution is 2.54. The zero-order valence-electron chi connectivity index (χ0n) is 18.3. The van der Waals surface area contributed by atoms with Crippen molar-refractivity contribution in [2.75, 3.05) is 44.5 Å². The molecule has 5 nitrogen and oxygen atoms in total. The molecule has 2 aromatic carbocycles. The molecule has 0 amide bonds. The average Bonchev–Trinajstić information content (AvgIpc) is 3.40. The van der Waals surface area contributed by atoms with Crippen LogP contribution in [0, 0.1) is 5.41 Å². The van der Waals surface area contributed by atoms with E-state index in [2.05, 4.69) is 61.3 Å². The molecule has 0 radical (unpaired) electrons. The third kappa shape index (κ3) is 3.39. The molecule has 3 aliphatic rings. The van der Waals surface area contributed by atoms with Crippen LogP contribution in [0.2, 0.25) is 0 Å². The number of nitrogens with one attached hydrogen (secondary N) is 1. The SMILES string of the molecule is CC(C)(C)CCNCCCN1CC2(COc3cc4c(cc32)OCO4)c2ccccc21. The fourth-order valence-electron chi connectivity index (χ4n) is 4.88. The zero-order chi connectivity index (χ0) is 20.8. The molecule has 0 bridgehead atoms. The van der Waals surface area contributed by atoms with Crippen LogP contribution in [-0.2, 0) is 5.41 Å². The van der Waals surface area contributed by atoms with Gasteiger partial charge >= 0.3 is 0 Å². The van der Waals surface area contributed by atoms with Crippen LogP contribution < -0.4 is 24.4 Å². The summed E-state index contributed by atoms with van der Waals surface area (Å²) in [5.74, 6) is 2.55. The standard InChI is InChI=1S/C25H32N2O3/c1-24(2,3)9-11-26-10-6-12-27-15-25(18-7-4-5-8-20(18)27)16-28-21-14-23-22(13-19(21)25)29-17-30-23/h4-5,7-8,13-14,26H,6,9-12,15-17H2,1-3H3. The zero-order valence-corrected chi connectivity index (χ0v) is 18.3. The Kier molecular flexibility index (Phi) is 4.81. The smallest absolute Gasteiger partial charge is 0.231 e. The first-order chi connectivity index (χ1) is 14.5. The van der Waals surface area contributed by atoms with Crippen molar-refractivity contribution in [3.05, 3.63) is 47.5 Å². The van der Waals surface area contributed by atoms with Crippen molar-refractivity contribution in [3.8, 4) is 17.2 Å². The normalized spacial score (nSPS) is 21.1. The molecule has 0 aromatic heterocycles. The van der Waals surface area contributed by atoms with Gasteiger partial charge in [-0.1, -0.05) is 39.0 Å². The highest BCUT2D eigenvalue weighted by molar-refractivity contribution is 5.70. The first kappa shape index (κ1) is 19.6. The number of anilines is 1. The lowest BCUT2D eigenvalue weighted by molar-refractivity contribution is 0.173. The quantitative estimate of drug-likeness (QED) is 0.721. The molecule has 3 aliphatic heterocycles. The number of ether oxygens (including phenoxy) is 3. The van der Waals surface area contributed by atoms with Crippen LogP contribution in [0.15, 0.2) is 36.4 Å². The Hall–Kier alpha value is -2.40. The third-order valence-electron chi connectivity index (χ3n) is 6.52. The van der Waals surface area contributed by atoms with Gasteiger partial charge in [-0.2, -0.15) is 0 Å². The number of fused-ring (bicyclic) bond motifs is 5. The molecule has 1 N–H and O–H groups in total. The lowest BCUT2D eigenvalue weighted by atomic mass is 9.77. The first-order valence-corrected chi connectivity index (χ1v) is 11.1. The number of benzene rings is 2. The maximum Gasteiger partial charge on any atom is 0.231 e. The van der Waals surface area contributed by atoms with E-state index in [9.17, 15) is 0 Å². The molecule has 160 valence electrons. The van der Waals surface area contributed by atoms with Crippen molar-refractivity contribution < 1.29 is 14.2 Å². The van der Waals surface area contributed by atoms with Crippen LogP contribution in [0.25, 0.3) is 0 Å². The van der Waals surface area contributed by atoms with Gasteiger partial charge in [0.15, 0.2) is 11.5 Å². The minimum absolute atomic E-state index is 0.132. The van der Waals surface area contributed by atoms with Gasteiger partial charge in [-0.15, -0.1) is 0 Å². The lowest BCUT2D eigenvalue weighted by Crippen LogP contribution is -2.37. The highest BCUT2D eigenvalue weighted by Gasteiger charge is 2.50. The molecule has 0 aliphatic carbocycles. The van der Waals surface area contributed by atoms with Gasteiger partial charge in [0.05, 0.1) is 5.41 Å². The van der Waals surface area contributed by atoms with Gasteiger partial charge in [0.1, 0.15) is 12.4 Å². The van der Waals surface area contributed by atoms with Gasteiger partial charge in [0.25, 0.3) is 0 Å². The number of hydrogen-bond donors (Lipinski definition) is 1. The molecule has 5 rings (SSSR count). The molecular weight excluding hydrogens is 376 g/mol. The summed E-state index contributed by atoms with van der Waals surface area (Å²) < 4.78 is 17.4. The summed E-state index contributed by atoms with van der Waals surface area (Å²) in [4.78, 5) is 2.53. The molecule has 1 atom stereocenters. The van der Waals surface area contributed by atoms with E-state index < -0.39 is 0 Å². The Balaban J connectivity index is 1.32. The number of rotatable bonds is 6. The van der Waals surface area contributed by atoms with Crippen molar-refractivity contribution in [1.29, 1.82) is 0 Å². The molecular formula is C25H32N2O3. The second-order valence-corrected chi connectivity index (χ2v) is 9.93. The Morgan fingerprint density at radius 1 is 0.967 bits per heavy atom. The van der Waals surface area contributed by atoms with Gasteiger partial charge in [0, 0.05) is 30.4 Å². The third-order valence-corrected chi connectivity index (χ3v) is 6.52. The molecule has 2 aromatic rings. The Morgan fingerprint density at radius 3 is 2.60 bits per heavy atom. The average molecular weight is 409 g/mol. The summed E-state index contributed by atoms with van der Waals surface area (Å²) in [6, 6.07) is 12.9. The second kappa shape index (κ2) is 7.38. The maximum absolute atomic E-state index is 6.18. The number of nitrogens with zero attached hydrogens (tertiary/aromatic N) is 1. The van der Waals surface area contributed by atoms with Crippen LogP contribution in [0.3, 0.4) is 0 Å². The topological polar surface area (TPSA) is 43.0 Å². The Morgan fingerprint density at radius 2 is 1.77 bits per heavy atom. The van der Waals surface area contributed by atoms with Crippen molar-refractivity contribution in [1.82, 2.24) is 5.32 Å². The second-order valence-electron chi connectivity index (χ2n) is 9.93. The number of para-hydroxylation sites is 1. The largest absolute Gasteiger partial charge is 0.492 e. The van der Waals surface area contributed by atoms with Crippen molar-refractivity contribution in [2.24, 2.45) is 5.41 Å². The van der Waals surface area contributed by atoms with Gasteiger partial charge in [-0.3, -0.25) is 0 Å². The van der Waals surface area contributed by atoms with Crippen molar-refractivity contribution in [2.45, 2.75) is 39.0 Å². The van der Waals surface area contributed by atoms with E-state index in [1.165, 1.54) is 23.2 Å². The Bertz CT molecular complexity index is 936. The van der Waals surface area contributed by atoms with E-state index in [0.717, 1.165) is 49.8 Å². The molecule has 1 unspecified atom stereocenters. The molecule has 0 saturated carbocycles. The van der Waals surface area contributed by atoms with Crippen molar-refractivity contribution >= 4 is 5.69 Å². The van der Waals surface area contributed by atoms with Gasteiger partial charge in [-0.05, 0) is 49.0 Å². The van der Waals surface area contributed by atoms with Crippen molar-refractivity contribution in [3.63, 3.8) is 0 Å². The molecule has 30 heavy (non-hydrogen) atoms. The first-order valence-electron chi connectivity index (χ1n) is 11.1. The minimum Gasteiger partial charge on any atom is -0.492 e. The van der Waals surface area contributed by atoms with E-state index in [4.69, 9.17) is 14.2 Å². The highest BCUT2D eigenvalue weighted by atomic mass is 16.7. The van der Waals surface area contributed by atoms with E-state index >= 15 is 0 Å². The van der Waals surface area contributed by atoms with Crippen LogP contribution in [0.1, 0.15) is 44.7 Å². The molecule has 0 saturated heterocycles. The summed E-state index contributed by atoms with van der Waals surface area (Å²) in [6.45, 7) is 12.0. The Labute approximate surface area is 179 Å².